The summed E-state index contributed by atoms with van der Waals surface area (Å²) in [7, 11) is 0. The number of nitrogens with zero attached hydrogens (tertiary/aromatic N) is 1. The highest BCUT2D eigenvalue weighted by Crippen LogP contribution is 2.08. The monoisotopic (exact) mass is 242 g/mol. The molecule has 1 aliphatic rings. The second kappa shape index (κ2) is 7.27. The third kappa shape index (κ3) is 4.73. The summed E-state index contributed by atoms with van der Waals surface area (Å²) in [5.74, 6) is -0.236. The minimum Gasteiger partial charge on any atom is -0.465 e. The maximum Gasteiger partial charge on any atom is 0.322 e. The zero-order chi connectivity index (χ0) is 12.7. The SMILES string of the molecule is CCOC(=O)C(C)NCC(=O)N1CCCCC1. The van der Waals surface area contributed by atoms with Crippen LogP contribution >= 0.6 is 0 Å². The molecule has 1 fully saturated rings. The number of piperidine rings is 1. The van der Waals surface area contributed by atoms with Crippen molar-refractivity contribution in [3.05, 3.63) is 0 Å². The average Bonchev–Trinajstić information content (AvgIpc) is 2.36. The van der Waals surface area contributed by atoms with Crippen molar-refractivity contribution in [2.45, 2.75) is 39.2 Å². The Morgan fingerprint density at radius 2 is 1.94 bits per heavy atom. The lowest BCUT2D eigenvalue weighted by Crippen LogP contribution is -2.45. The van der Waals surface area contributed by atoms with Crippen LogP contribution in [0.4, 0.5) is 0 Å². The first-order chi connectivity index (χ1) is 8.15. The second-order valence-corrected chi connectivity index (χ2v) is 4.30. The number of hydrogen-bond donors (Lipinski definition) is 1. The predicted molar refractivity (Wildman–Crippen MR) is 64.5 cm³/mol. The summed E-state index contributed by atoms with van der Waals surface area (Å²) in [5.41, 5.74) is 0. The highest BCUT2D eigenvalue weighted by atomic mass is 16.5. The summed E-state index contributed by atoms with van der Waals surface area (Å²) in [6.45, 7) is 5.73. The lowest BCUT2D eigenvalue weighted by Gasteiger charge is -2.27. The highest BCUT2D eigenvalue weighted by molar-refractivity contribution is 5.80. The molecular weight excluding hydrogens is 220 g/mol. The molecule has 1 atom stereocenters. The van der Waals surface area contributed by atoms with Crippen LogP contribution in [0.15, 0.2) is 0 Å². The average molecular weight is 242 g/mol. The Labute approximate surface area is 102 Å². The zero-order valence-corrected chi connectivity index (χ0v) is 10.7. The van der Waals surface area contributed by atoms with Crippen molar-refractivity contribution in [2.24, 2.45) is 0 Å². The fourth-order valence-corrected chi connectivity index (χ4v) is 1.85. The number of nitrogens with one attached hydrogen (secondary N) is 1. The molecule has 1 rings (SSSR count). The number of ether oxygens (including phenoxy) is 1. The molecule has 1 aliphatic heterocycles. The van der Waals surface area contributed by atoms with Crippen LogP contribution in [0.5, 0.6) is 0 Å². The minimum absolute atomic E-state index is 0.0702. The van der Waals surface area contributed by atoms with Gasteiger partial charge < -0.3 is 9.64 Å². The molecular formula is C12H22N2O3. The fourth-order valence-electron chi connectivity index (χ4n) is 1.85. The molecule has 0 bridgehead atoms. The summed E-state index contributed by atoms with van der Waals surface area (Å²) < 4.78 is 4.86. The van der Waals surface area contributed by atoms with Crippen LogP contribution in [0.1, 0.15) is 33.1 Å². The van der Waals surface area contributed by atoms with Crippen molar-refractivity contribution in [3.8, 4) is 0 Å². The summed E-state index contributed by atoms with van der Waals surface area (Å²) in [5, 5.41) is 2.90. The zero-order valence-electron chi connectivity index (χ0n) is 10.7. The van der Waals surface area contributed by atoms with Gasteiger partial charge in [-0.1, -0.05) is 0 Å². The largest absolute Gasteiger partial charge is 0.465 e. The van der Waals surface area contributed by atoms with Crippen LogP contribution < -0.4 is 5.32 Å². The van der Waals surface area contributed by atoms with E-state index in [9.17, 15) is 9.59 Å². The molecule has 0 aromatic carbocycles. The van der Waals surface area contributed by atoms with E-state index in [-0.39, 0.29) is 18.4 Å². The maximum atomic E-state index is 11.8. The molecule has 0 radical (unpaired) electrons. The van der Waals surface area contributed by atoms with Gasteiger partial charge in [0.15, 0.2) is 0 Å². The van der Waals surface area contributed by atoms with Gasteiger partial charge in [0.25, 0.3) is 0 Å². The Morgan fingerprint density at radius 3 is 2.53 bits per heavy atom. The minimum atomic E-state index is -0.427. The Kier molecular flexibility index (Phi) is 5.97. The number of likely N-dealkylation sites (tertiary alicyclic amines) is 1. The van der Waals surface area contributed by atoms with Crippen molar-refractivity contribution in [1.82, 2.24) is 10.2 Å². The molecule has 1 amide bonds. The van der Waals surface area contributed by atoms with Crippen LogP contribution in [-0.4, -0.2) is 49.1 Å². The summed E-state index contributed by atoms with van der Waals surface area (Å²) in [6, 6.07) is -0.427. The van der Waals surface area contributed by atoms with Crippen molar-refractivity contribution in [3.63, 3.8) is 0 Å². The van der Waals surface area contributed by atoms with Gasteiger partial charge in [-0.15, -0.1) is 0 Å². The van der Waals surface area contributed by atoms with E-state index in [0.717, 1.165) is 25.9 Å². The number of carbonyl (C=O) groups excluding carboxylic acids is 2. The van der Waals surface area contributed by atoms with Crippen molar-refractivity contribution >= 4 is 11.9 Å². The summed E-state index contributed by atoms with van der Waals surface area (Å²) in [6.07, 6.45) is 3.37. The first-order valence-corrected chi connectivity index (χ1v) is 6.33. The van der Waals surface area contributed by atoms with Crippen LogP contribution in [0.3, 0.4) is 0 Å². The van der Waals surface area contributed by atoms with Crippen molar-refractivity contribution in [2.75, 3.05) is 26.2 Å². The van der Waals surface area contributed by atoms with Gasteiger partial charge in [0.2, 0.25) is 5.91 Å². The van der Waals surface area contributed by atoms with E-state index in [4.69, 9.17) is 4.74 Å². The van der Waals surface area contributed by atoms with Crippen molar-refractivity contribution in [1.29, 1.82) is 0 Å². The molecule has 1 heterocycles. The third-order valence-corrected chi connectivity index (χ3v) is 2.91. The smallest absolute Gasteiger partial charge is 0.322 e. The van der Waals surface area contributed by atoms with Crippen LogP contribution in [0, 0.1) is 0 Å². The molecule has 5 nitrogen and oxygen atoms in total. The number of esters is 1. The van der Waals surface area contributed by atoms with E-state index < -0.39 is 6.04 Å². The van der Waals surface area contributed by atoms with E-state index in [1.807, 2.05) is 4.90 Å². The number of rotatable bonds is 5. The van der Waals surface area contributed by atoms with Gasteiger partial charge in [-0.3, -0.25) is 14.9 Å². The van der Waals surface area contributed by atoms with E-state index in [0.29, 0.717) is 6.61 Å². The van der Waals surface area contributed by atoms with Gasteiger partial charge in [-0.05, 0) is 33.1 Å². The predicted octanol–water partition coefficient (Wildman–Crippen LogP) is 0.540. The van der Waals surface area contributed by atoms with Gasteiger partial charge in [0, 0.05) is 13.1 Å². The van der Waals surface area contributed by atoms with E-state index >= 15 is 0 Å². The first-order valence-electron chi connectivity index (χ1n) is 6.33. The van der Waals surface area contributed by atoms with Gasteiger partial charge in [0.1, 0.15) is 6.04 Å². The molecule has 1 unspecified atom stereocenters. The Bertz CT molecular complexity index is 262. The van der Waals surface area contributed by atoms with Gasteiger partial charge in [-0.25, -0.2) is 0 Å². The molecule has 0 saturated carbocycles. The van der Waals surface area contributed by atoms with Gasteiger partial charge >= 0.3 is 5.97 Å². The Hall–Kier alpha value is -1.10. The van der Waals surface area contributed by atoms with Crippen molar-refractivity contribution < 1.29 is 14.3 Å². The standard InChI is InChI=1S/C12H22N2O3/c1-3-17-12(16)10(2)13-9-11(15)14-7-5-4-6-8-14/h10,13H,3-9H2,1-2H3. The second-order valence-electron chi connectivity index (χ2n) is 4.30. The molecule has 5 heteroatoms. The molecule has 0 aromatic rings. The molecule has 17 heavy (non-hydrogen) atoms. The summed E-state index contributed by atoms with van der Waals surface area (Å²) >= 11 is 0. The van der Waals surface area contributed by atoms with Crippen LogP contribution in [-0.2, 0) is 14.3 Å². The lowest BCUT2D eigenvalue weighted by atomic mass is 10.1. The van der Waals surface area contributed by atoms with Crippen LogP contribution in [0.2, 0.25) is 0 Å². The maximum absolute atomic E-state index is 11.8. The molecule has 0 aromatic heterocycles. The van der Waals surface area contributed by atoms with Gasteiger partial charge in [-0.2, -0.15) is 0 Å². The number of hydrogen-bond acceptors (Lipinski definition) is 4. The topological polar surface area (TPSA) is 58.6 Å². The lowest BCUT2D eigenvalue weighted by molar-refractivity contribution is -0.145. The fraction of sp³-hybridized carbons (Fsp3) is 0.833. The summed E-state index contributed by atoms with van der Waals surface area (Å²) in [4.78, 5) is 25.0. The number of amides is 1. The Balaban J connectivity index is 2.24. The highest BCUT2D eigenvalue weighted by Gasteiger charge is 2.19. The third-order valence-electron chi connectivity index (χ3n) is 2.91. The van der Waals surface area contributed by atoms with E-state index in [2.05, 4.69) is 5.32 Å². The molecule has 98 valence electrons. The van der Waals surface area contributed by atoms with Gasteiger partial charge in [0.05, 0.1) is 13.2 Å². The molecule has 1 N–H and O–H groups in total. The van der Waals surface area contributed by atoms with Crippen LogP contribution in [0.25, 0.3) is 0 Å². The quantitative estimate of drug-likeness (QED) is 0.715. The molecule has 1 saturated heterocycles. The Morgan fingerprint density at radius 1 is 1.29 bits per heavy atom. The molecule has 0 spiro atoms. The number of carbonyl (C=O) groups is 2. The normalized spacial score (nSPS) is 17.6. The van der Waals surface area contributed by atoms with E-state index in [1.54, 1.807) is 13.8 Å². The molecule has 0 aliphatic carbocycles. The van der Waals surface area contributed by atoms with E-state index in [1.165, 1.54) is 6.42 Å². The first kappa shape index (κ1) is 14.0.